The summed E-state index contributed by atoms with van der Waals surface area (Å²) in [6, 6.07) is 14.7. The van der Waals surface area contributed by atoms with Gasteiger partial charge in [0, 0.05) is 11.1 Å². The normalized spacial score (nSPS) is 11.3. The number of aromatic amines is 1. The Kier molecular flexibility index (Phi) is 4.32. The third kappa shape index (κ3) is 3.07. The largest absolute Gasteiger partial charge is 0.496 e. The first-order chi connectivity index (χ1) is 12.3. The van der Waals surface area contributed by atoms with Gasteiger partial charge in [-0.05, 0) is 59.3 Å². The van der Waals surface area contributed by atoms with Gasteiger partial charge in [0.05, 0.1) is 18.2 Å². The Bertz CT molecular complexity index is 1010. The van der Waals surface area contributed by atoms with Gasteiger partial charge < -0.3 is 9.72 Å². The summed E-state index contributed by atoms with van der Waals surface area (Å²) in [5.74, 6) is 2.72. The van der Waals surface area contributed by atoms with Crippen LogP contribution in [0.15, 0.2) is 53.6 Å². The highest BCUT2D eigenvalue weighted by Crippen LogP contribution is 2.35. The second-order valence-corrected chi connectivity index (χ2v) is 7.04. The minimum atomic E-state index is 0.714. The molecule has 2 aromatic carbocycles. The first-order valence-corrected chi connectivity index (χ1v) is 9.32. The van der Waals surface area contributed by atoms with E-state index in [9.17, 15) is 0 Å². The molecule has 25 heavy (non-hydrogen) atoms. The topological polar surface area (TPSA) is 50.8 Å². The third-order valence-electron chi connectivity index (χ3n) is 4.12. The summed E-state index contributed by atoms with van der Waals surface area (Å²) in [5.41, 5.74) is 2.58. The standard InChI is InChI=1S/C20H19N3OS/c1-3-9-25-15-7-6-13-11-16(18(24-2)12-14(13)10-15)19-22-17-5-4-8-21-20(17)23-19/h4-8,10-12H,3,9H2,1-2H3,(H,21,22,23). The zero-order valence-corrected chi connectivity index (χ0v) is 15.1. The SMILES string of the molecule is CCCSc1ccc2cc(-c3nc4ncccc4[nH]3)c(OC)cc2c1. The van der Waals surface area contributed by atoms with Gasteiger partial charge in [-0.3, -0.25) is 0 Å². The van der Waals surface area contributed by atoms with E-state index < -0.39 is 0 Å². The fourth-order valence-corrected chi connectivity index (χ4v) is 3.71. The van der Waals surface area contributed by atoms with E-state index in [2.05, 4.69) is 52.2 Å². The molecule has 1 N–H and O–H groups in total. The lowest BCUT2D eigenvalue weighted by Gasteiger charge is -2.10. The lowest BCUT2D eigenvalue weighted by Crippen LogP contribution is -1.90. The number of benzene rings is 2. The molecule has 0 atom stereocenters. The molecule has 0 aliphatic rings. The van der Waals surface area contributed by atoms with Gasteiger partial charge in [0.2, 0.25) is 0 Å². The van der Waals surface area contributed by atoms with Crippen LogP contribution in [0.1, 0.15) is 13.3 Å². The number of rotatable bonds is 5. The molecule has 0 radical (unpaired) electrons. The van der Waals surface area contributed by atoms with E-state index >= 15 is 0 Å². The monoisotopic (exact) mass is 349 g/mol. The maximum atomic E-state index is 5.64. The Balaban J connectivity index is 1.82. The Morgan fingerprint density at radius 1 is 1.12 bits per heavy atom. The van der Waals surface area contributed by atoms with Gasteiger partial charge in [-0.2, -0.15) is 0 Å². The molecule has 4 rings (SSSR count). The number of pyridine rings is 1. The number of H-pyrrole nitrogens is 1. The molecule has 0 amide bonds. The minimum Gasteiger partial charge on any atom is -0.496 e. The summed E-state index contributed by atoms with van der Waals surface area (Å²) in [5, 5.41) is 2.35. The number of hydrogen-bond acceptors (Lipinski definition) is 4. The zero-order valence-electron chi connectivity index (χ0n) is 14.2. The molecule has 0 fully saturated rings. The van der Waals surface area contributed by atoms with Crippen LogP contribution < -0.4 is 4.74 Å². The van der Waals surface area contributed by atoms with Crippen LogP contribution >= 0.6 is 11.8 Å². The Morgan fingerprint density at radius 2 is 2.04 bits per heavy atom. The fraction of sp³-hybridized carbons (Fsp3) is 0.200. The van der Waals surface area contributed by atoms with E-state index in [4.69, 9.17) is 4.74 Å². The molecule has 2 aromatic heterocycles. The van der Waals surface area contributed by atoms with E-state index in [1.165, 1.54) is 22.1 Å². The molecule has 0 saturated carbocycles. The van der Waals surface area contributed by atoms with Crippen molar-refractivity contribution in [2.24, 2.45) is 0 Å². The van der Waals surface area contributed by atoms with Crippen molar-refractivity contribution in [1.82, 2.24) is 15.0 Å². The van der Waals surface area contributed by atoms with Crippen molar-refractivity contribution in [3.8, 4) is 17.1 Å². The Labute approximate surface area is 150 Å². The average Bonchev–Trinajstić information content (AvgIpc) is 3.09. The highest BCUT2D eigenvalue weighted by atomic mass is 32.2. The molecule has 126 valence electrons. The van der Waals surface area contributed by atoms with Crippen LogP contribution in [0, 0.1) is 0 Å². The summed E-state index contributed by atoms with van der Waals surface area (Å²) >= 11 is 1.88. The minimum absolute atomic E-state index is 0.714. The molecule has 4 aromatic rings. The van der Waals surface area contributed by atoms with Gasteiger partial charge in [0.25, 0.3) is 0 Å². The maximum absolute atomic E-state index is 5.64. The summed E-state index contributed by atoms with van der Waals surface area (Å²) in [4.78, 5) is 13.5. The smallest absolute Gasteiger partial charge is 0.178 e. The summed E-state index contributed by atoms with van der Waals surface area (Å²) in [6.45, 7) is 2.20. The summed E-state index contributed by atoms with van der Waals surface area (Å²) < 4.78 is 5.64. The van der Waals surface area contributed by atoms with E-state index in [0.717, 1.165) is 28.4 Å². The van der Waals surface area contributed by atoms with Crippen molar-refractivity contribution in [2.75, 3.05) is 12.9 Å². The highest BCUT2D eigenvalue weighted by molar-refractivity contribution is 7.99. The number of hydrogen-bond donors (Lipinski definition) is 1. The molecule has 0 aliphatic heterocycles. The molecule has 4 nitrogen and oxygen atoms in total. The number of methoxy groups -OCH3 is 1. The maximum Gasteiger partial charge on any atom is 0.178 e. The lowest BCUT2D eigenvalue weighted by molar-refractivity contribution is 0.417. The van der Waals surface area contributed by atoms with Crippen molar-refractivity contribution >= 4 is 33.7 Å². The van der Waals surface area contributed by atoms with E-state index in [1.54, 1.807) is 13.3 Å². The molecule has 2 heterocycles. The van der Waals surface area contributed by atoms with Crippen molar-refractivity contribution < 1.29 is 4.74 Å². The summed E-state index contributed by atoms with van der Waals surface area (Å²) in [7, 11) is 1.70. The number of aromatic nitrogens is 3. The molecular formula is C20H19N3OS. The molecule has 0 saturated heterocycles. The number of ether oxygens (including phenoxy) is 1. The van der Waals surface area contributed by atoms with Crippen molar-refractivity contribution in [3.63, 3.8) is 0 Å². The number of nitrogens with zero attached hydrogens (tertiary/aromatic N) is 2. The number of nitrogens with one attached hydrogen (secondary N) is 1. The third-order valence-corrected chi connectivity index (χ3v) is 5.32. The Hall–Kier alpha value is -2.53. The van der Waals surface area contributed by atoms with E-state index in [-0.39, 0.29) is 0 Å². The van der Waals surface area contributed by atoms with Crippen LogP contribution in [-0.2, 0) is 0 Å². The van der Waals surface area contributed by atoms with Crippen LogP contribution in [0.2, 0.25) is 0 Å². The predicted molar refractivity (Wildman–Crippen MR) is 104 cm³/mol. The quantitative estimate of drug-likeness (QED) is 0.497. The van der Waals surface area contributed by atoms with Crippen molar-refractivity contribution in [2.45, 2.75) is 18.2 Å². The van der Waals surface area contributed by atoms with Crippen LogP contribution in [-0.4, -0.2) is 27.8 Å². The van der Waals surface area contributed by atoms with Gasteiger partial charge in [-0.25, -0.2) is 9.97 Å². The first kappa shape index (κ1) is 16.0. The second-order valence-electron chi connectivity index (χ2n) is 5.87. The number of imidazole rings is 1. The molecule has 0 spiro atoms. The predicted octanol–water partition coefficient (Wildman–Crippen LogP) is 5.29. The van der Waals surface area contributed by atoms with Gasteiger partial charge in [-0.15, -0.1) is 11.8 Å². The van der Waals surface area contributed by atoms with Crippen molar-refractivity contribution in [3.05, 3.63) is 48.7 Å². The average molecular weight is 349 g/mol. The fourth-order valence-electron chi connectivity index (χ4n) is 2.89. The van der Waals surface area contributed by atoms with Gasteiger partial charge in [0.1, 0.15) is 11.6 Å². The molecule has 0 bridgehead atoms. The van der Waals surface area contributed by atoms with Gasteiger partial charge in [-0.1, -0.05) is 13.0 Å². The molecule has 0 aliphatic carbocycles. The number of thioether (sulfide) groups is 1. The van der Waals surface area contributed by atoms with Gasteiger partial charge >= 0.3 is 0 Å². The zero-order chi connectivity index (χ0) is 17.2. The Morgan fingerprint density at radius 3 is 2.84 bits per heavy atom. The van der Waals surface area contributed by atoms with Crippen LogP contribution in [0.4, 0.5) is 0 Å². The first-order valence-electron chi connectivity index (χ1n) is 8.34. The van der Waals surface area contributed by atoms with E-state index in [0.29, 0.717) is 5.65 Å². The molecular weight excluding hydrogens is 330 g/mol. The second kappa shape index (κ2) is 6.76. The highest BCUT2D eigenvalue weighted by Gasteiger charge is 2.13. The molecule has 0 unspecified atom stereocenters. The van der Waals surface area contributed by atoms with Crippen molar-refractivity contribution in [1.29, 1.82) is 0 Å². The van der Waals surface area contributed by atoms with Gasteiger partial charge in [0.15, 0.2) is 5.65 Å². The lowest BCUT2D eigenvalue weighted by atomic mass is 10.1. The van der Waals surface area contributed by atoms with Crippen LogP contribution in [0.5, 0.6) is 5.75 Å². The molecule has 5 heteroatoms. The van der Waals surface area contributed by atoms with Crippen LogP contribution in [0.25, 0.3) is 33.3 Å². The van der Waals surface area contributed by atoms with Crippen LogP contribution in [0.3, 0.4) is 0 Å². The summed E-state index contributed by atoms with van der Waals surface area (Å²) in [6.07, 6.45) is 2.92. The number of fused-ring (bicyclic) bond motifs is 2. The van der Waals surface area contributed by atoms with E-state index in [1.807, 2.05) is 23.9 Å².